The first-order valence-electron chi connectivity index (χ1n) is 12.1. The molecule has 1 fully saturated rings. The van der Waals surface area contributed by atoms with Crippen molar-refractivity contribution in [1.82, 2.24) is 14.4 Å². The predicted octanol–water partition coefficient (Wildman–Crippen LogP) is 3.24. The fourth-order valence-electron chi connectivity index (χ4n) is 4.73. The number of nitrogens with zero attached hydrogens (tertiary/aromatic N) is 3. The van der Waals surface area contributed by atoms with Gasteiger partial charge in [0.15, 0.2) is 17.2 Å². The molecule has 2 aromatic rings. The third-order valence-corrected chi connectivity index (χ3v) is 6.64. The van der Waals surface area contributed by atoms with E-state index in [2.05, 4.69) is 0 Å². The summed E-state index contributed by atoms with van der Waals surface area (Å²) in [5, 5.41) is 21.4. The number of ether oxygens (including phenoxy) is 1. The van der Waals surface area contributed by atoms with Crippen molar-refractivity contribution in [2.45, 2.75) is 58.7 Å². The normalized spacial score (nSPS) is 16.7. The number of amides is 2. The van der Waals surface area contributed by atoms with Crippen molar-refractivity contribution in [2.24, 2.45) is 5.92 Å². The summed E-state index contributed by atoms with van der Waals surface area (Å²) >= 11 is 0. The van der Waals surface area contributed by atoms with Crippen molar-refractivity contribution in [3.8, 4) is 11.5 Å². The number of aromatic nitrogens is 1. The molecule has 0 bridgehead atoms. The SMILES string of the molecule is CC(C)(C)OC(=O)N1CCC(Cc2c(O)c(O)c3n(c2=O)CCN(Cc2ccc(F)cc2)C3=O)CC1. The van der Waals surface area contributed by atoms with E-state index < -0.39 is 28.6 Å². The molecule has 0 unspecified atom stereocenters. The summed E-state index contributed by atoms with van der Waals surface area (Å²) in [4.78, 5) is 41.7. The molecule has 1 aromatic heterocycles. The highest BCUT2D eigenvalue weighted by molar-refractivity contribution is 5.96. The van der Waals surface area contributed by atoms with E-state index in [1.54, 1.807) is 17.0 Å². The van der Waals surface area contributed by atoms with Gasteiger partial charge in [0.1, 0.15) is 11.4 Å². The van der Waals surface area contributed by atoms with Crippen LogP contribution in [0, 0.1) is 11.7 Å². The molecule has 0 saturated carbocycles. The van der Waals surface area contributed by atoms with Crippen molar-refractivity contribution in [2.75, 3.05) is 19.6 Å². The average Bonchev–Trinajstić information content (AvgIpc) is 2.82. The number of carbonyl (C=O) groups is 2. The number of aromatic hydroxyl groups is 2. The molecule has 194 valence electrons. The van der Waals surface area contributed by atoms with Crippen LogP contribution in [0.25, 0.3) is 0 Å². The minimum atomic E-state index is -0.607. The zero-order valence-electron chi connectivity index (χ0n) is 20.8. The molecule has 2 N–H and O–H groups in total. The maximum atomic E-state index is 13.2. The molecule has 36 heavy (non-hydrogen) atoms. The van der Waals surface area contributed by atoms with Crippen molar-refractivity contribution in [3.63, 3.8) is 0 Å². The molecule has 10 heteroatoms. The summed E-state index contributed by atoms with van der Waals surface area (Å²) in [5.74, 6) is -2.11. The summed E-state index contributed by atoms with van der Waals surface area (Å²) < 4.78 is 19.8. The Hall–Kier alpha value is -3.56. The van der Waals surface area contributed by atoms with Crippen LogP contribution in [0.15, 0.2) is 29.1 Å². The maximum Gasteiger partial charge on any atom is 0.410 e. The van der Waals surface area contributed by atoms with Gasteiger partial charge < -0.3 is 24.7 Å². The number of fused-ring (bicyclic) bond motifs is 1. The van der Waals surface area contributed by atoms with Crippen LogP contribution < -0.4 is 5.56 Å². The second-order valence-corrected chi connectivity index (χ2v) is 10.4. The minimum absolute atomic E-state index is 0.0228. The number of pyridine rings is 1. The Morgan fingerprint density at radius 3 is 2.28 bits per heavy atom. The van der Waals surface area contributed by atoms with Crippen LogP contribution >= 0.6 is 0 Å². The first-order valence-corrected chi connectivity index (χ1v) is 12.1. The summed E-state index contributed by atoms with van der Waals surface area (Å²) in [5.41, 5.74) is -0.537. The molecule has 0 spiro atoms. The highest BCUT2D eigenvalue weighted by atomic mass is 19.1. The lowest BCUT2D eigenvalue weighted by Gasteiger charge is -2.34. The van der Waals surface area contributed by atoms with Crippen molar-refractivity contribution in [1.29, 1.82) is 0 Å². The first-order chi connectivity index (χ1) is 16.9. The van der Waals surface area contributed by atoms with Crippen LogP contribution in [0.1, 0.15) is 55.2 Å². The number of rotatable bonds is 4. The topological polar surface area (TPSA) is 112 Å². The Balaban J connectivity index is 1.48. The molecule has 2 aliphatic rings. The zero-order chi connectivity index (χ0) is 26.2. The van der Waals surface area contributed by atoms with Gasteiger partial charge in [-0.25, -0.2) is 9.18 Å². The quantitative estimate of drug-likeness (QED) is 0.665. The fraction of sp³-hybridized carbons (Fsp3) is 0.500. The van der Waals surface area contributed by atoms with Crippen molar-refractivity contribution >= 4 is 12.0 Å². The van der Waals surface area contributed by atoms with Gasteiger partial charge in [0.05, 0.1) is 5.56 Å². The molecule has 2 amide bonds. The largest absolute Gasteiger partial charge is 0.504 e. The zero-order valence-corrected chi connectivity index (χ0v) is 20.8. The third-order valence-electron chi connectivity index (χ3n) is 6.64. The van der Waals surface area contributed by atoms with Crippen LogP contribution in [0.2, 0.25) is 0 Å². The Morgan fingerprint density at radius 1 is 1.03 bits per heavy atom. The maximum absolute atomic E-state index is 13.2. The molecule has 9 nitrogen and oxygen atoms in total. The highest BCUT2D eigenvalue weighted by Crippen LogP contribution is 2.35. The lowest BCUT2D eigenvalue weighted by Crippen LogP contribution is -2.45. The Bertz CT molecular complexity index is 1210. The Kier molecular flexibility index (Phi) is 6.97. The Labute approximate surface area is 208 Å². The molecule has 1 aromatic carbocycles. The predicted molar refractivity (Wildman–Crippen MR) is 129 cm³/mol. The molecular weight excluding hydrogens is 469 g/mol. The number of halogens is 1. The van der Waals surface area contributed by atoms with Crippen LogP contribution in [0.5, 0.6) is 11.5 Å². The van der Waals surface area contributed by atoms with Gasteiger partial charge in [0.25, 0.3) is 11.5 Å². The van der Waals surface area contributed by atoms with E-state index in [0.717, 1.165) is 0 Å². The third kappa shape index (κ3) is 5.32. The van der Waals surface area contributed by atoms with Crippen molar-refractivity contribution in [3.05, 3.63) is 57.3 Å². The average molecular weight is 502 g/mol. The number of hydrogen-bond donors (Lipinski definition) is 2. The standard InChI is InChI=1S/C26H32FN3O6/c1-26(2,3)36-25(35)28-10-8-16(9-11-28)14-19-21(31)22(32)20-24(34)29(12-13-30(20)23(19)33)15-17-4-6-18(27)7-5-17/h4-7,16,31-32H,8-15H2,1-3H3. The van der Waals surface area contributed by atoms with Crippen LogP contribution in [0.3, 0.4) is 0 Å². The lowest BCUT2D eigenvalue weighted by molar-refractivity contribution is 0.0184. The molecular formula is C26H32FN3O6. The minimum Gasteiger partial charge on any atom is -0.504 e. The molecule has 1 saturated heterocycles. The van der Waals surface area contributed by atoms with E-state index in [1.165, 1.54) is 21.6 Å². The molecule has 0 radical (unpaired) electrons. The summed E-state index contributed by atoms with van der Waals surface area (Å²) in [7, 11) is 0. The monoisotopic (exact) mass is 501 g/mol. The second kappa shape index (κ2) is 9.83. The van der Waals surface area contributed by atoms with E-state index in [0.29, 0.717) is 31.5 Å². The van der Waals surface area contributed by atoms with Gasteiger partial charge in [-0.1, -0.05) is 12.1 Å². The van der Waals surface area contributed by atoms with Crippen LogP contribution in [-0.2, 0) is 24.2 Å². The summed E-state index contributed by atoms with van der Waals surface area (Å²) in [6.07, 6.45) is 1.09. The number of benzene rings is 1. The van der Waals surface area contributed by atoms with Gasteiger partial charge in [-0.05, 0) is 63.6 Å². The van der Waals surface area contributed by atoms with Crippen molar-refractivity contribution < 1.29 is 28.9 Å². The molecule has 2 aliphatic heterocycles. The lowest BCUT2D eigenvalue weighted by atomic mass is 9.90. The van der Waals surface area contributed by atoms with E-state index in [1.807, 2.05) is 20.8 Å². The van der Waals surface area contributed by atoms with E-state index >= 15 is 0 Å². The Morgan fingerprint density at radius 2 is 1.67 bits per heavy atom. The number of hydrogen-bond acceptors (Lipinski definition) is 6. The fourth-order valence-corrected chi connectivity index (χ4v) is 4.73. The number of carbonyl (C=O) groups excluding carboxylic acids is 2. The van der Waals surface area contributed by atoms with Gasteiger partial charge in [-0.3, -0.25) is 14.2 Å². The van der Waals surface area contributed by atoms with Gasteiger partial charge in [0.2, 0.25) is 0 Å². The second-order valence-electron chi connectivity index (χ2n) is 10.4. The first kappa shape index (κ1) is 25.5. The number of likely N-dealkylation sites (tertiary alicyclic amines) is 1. The molecule has 4 rings (SSSR count). The highest BCUT2D eigenvalue weighted by Gasteiger charge is 2.34. The van der Waals surface area contributed by atoms with E-state index in [4.69, 9.17) is 4.74 Å². The smallest absolute Gasteiger partial charge is 0.410 e. The van der Waals surface area contributed by atoms with Crippen LogP contribution in [0.4, 0.5) is 9.18 Å². The molecule has 0 atom stereocenters. The van der Waals surface area contributed by atoms with Crippen LogP contribution in [-0.4, -0.2) is 61.8 Å². The van der Waals surface area contributed by atoms with Gasteiger partial charge >= 0.3 is 6.09 Å². The number of piperidine rings is 1. The van der Waals surface area contributed by atoms with E-state index in [9.17, 15) is 29.0 Å². The summed E-state index contributed by atoms with van der Waals surface area (Å²) in [6, 6.07) is 5.74. The molecule has 0 aliphatic carbocycles. The van der Waals surface area contributed by atoms with E-state index in [-0.39, 0.29) is 55.1 Å². The van der Waals surface area contributed by atoms with Gasteiger partial charge in [0, 0.05) is 32.7 Å². The summed E-state index contributed by atoms with van der Waals surface area (Å²) in [6.45, 7) is 6.95. The molecule has 3 heterocycles. The van der Waals surface area contributed by atoms with Gasteiger partial charge in [-0.15, -0.1) is 0 Å². The van der Waals surface area contributed by atoms with Gasteiger partial charge in [-0.2, -0.15) is 0 Å².